The number of hydroxylamine groups is 2. The third kappa shape index (κ3) is 0.879. The van der Waals surface area contributed by atoms with E-state index < -0.39 is 0 Å². The van der Waals surface area contributed by atoms with Gasteiger partial charge in [-0.05, 0) is 19.8 Å². The summed E-state index contributed by atoms with van der Waals surface area (Å²) in [6.45, 7) is 1.99. The molecule has 2 rings (SSSR count). The molecule has 3 atom stereocenters. The van der Waals surface area contributed by atoms with Crippen LogP contribution in [0.1, 0.15) is 19.8 Å². The summed E-state index contributed by atoms with van der Waals surface area (Å²) in [5.41, 5.74) is -0.275. The Labute approximate surface area is 80.1 Å². The molecule has 0 bridgehead atoms. The minimum absolute atomic E-state index is 0.0370. The summed E-state index contributed by atoms with van der Waals surface area (Å²) < 4.78 is 0. The summed E-state index contributed by atoms with van der Waals surface area (Å²) >= 11 is 3.53. The van der Waals surface area contributed by atoms with Gasteiger partial charge in [-0.15, -0.1) is 0 Å². The molecule has 0 spiro atoms. The molecule has 1 amide bonds. The molecule has 12 heavy (non-hydrogen) atoms. The number of hydrogen-bond donors (Lipinski definition) is 0. The number of carbonyl (C=O) groups excluding carboxylic acids is 1. The van der Waals surface area contributed by atoms with Gasteiger partial charge in [-0.3, -0.25) is 9.63 Å². The maximum absolute atomic E-state index is 11.6. The molecule has 4 heteroatoms. The van der Waals surface area contributed by atoms with Crippen LogP contribution in [0.3, 0.4) is 0 Å². The van der Waals surface area contributed by atoms with Crippen molar-refractivity contribution in [3.05, 3.63) is 0 Å². The highest BCUT2D eigenvalue weighted by molar-refractivity contribution is 9.09. The summed E-state index contributed by atoms with van der Waals surface area (Å²) in [5.74, 6) is 0.120. The lowest BCUT2D eigenvalue weighted by Crippen LogP contribution is -2.32. The number of halogens is 1. The number of rotatable bonds is 0. The molecule has 0 N–H and O–H groups in total. The van der Waals surface area contributed by atoms with E-state index in [1.807, 2.05) is 6.92 Å². The van der Waals surface area contributed by atoms with Crippen molar-refractivity contribution in [3.8, 4) is 0 Å². The normalized spacial score (nSPS) is 46.9. The van der Waals surface area contributed by atoms with Gasteiger partial charge in [-0.2, -0.15) is 0 Å². The van der Waals surface area contributed by atoms with Gasteiger partial charge in [0.2, 0.25) is 0 Å². The van der Waals surface area contributed by atoms with Crippen molar-refractivity contribution in [2.45, 2.75) is 30.7 Å². The van der Waals surface area contributed by atoms with Gasteiger partial charge in [0, 0.05) is 11.9 Å². The van der Waals surface area contributed by atoms with Gasteiger partial charge >= 0.3 is 0 Å². The number of alkyl halides is 1. The van der Waals surface area contributed by atoms with Gasteiger partial charge in [-0.25, -0.2) is 5.06 Å². The van der Waals surface area contributed by atoms with E-state index in [9.17, 15) is 4.79 Å². The van der Waals surface area contributed by atoms with Crippen molar-refractivity contribution in [2.75, 3.05) is 7.05 Å². The van der Waals surface area contributed by atoms with Crippen LogP contribution in [0.2, 0.25) is 0 Å². The van der Waals surface area contributed by atoms with Crippen LogP contribution in [-0.2, 0) is 9.63 Å². The van der Waals surface area contributed by atoms with E-state index >= 15 is 0 Å². The van der Waals surface area contributed by atoms with Crippen molar-refractivity contribution in [1.29, 1.82) is 0 Å². The van der Waals surface area contributed by atoms with Crippen molar-refractivity contribution >= 4 is 21.8 Å². The Hall–Kier alpha value is -0.0900. The Morgan fingerprint density at radius 1 is 1.75 bits per heavy atom. The molecule has 68 valence electrons. The Morgan fingerprint density at radius 3 is 3.00 bits per heavy atom. The standard InChI is InChI=1S/C8H12BrNO2/c1-8-4-3-5(9)6(8)12-10(2)7(8)11/h5-6H,3-4H2,1-2H3/t5-,6+,8-/m1/s1. The molecule has 3 nitrogen and oxygen atoms in total. The third-order valence-corrected chi connectivity index (χ3v) is 3.88. The minimum atomic E-state index is -0.275. The number of fused-ring (bicyclic) bond motifs is 1. The molecule has 1 aliphatic carbocycles. The molecule has 0 radical (unpaired) electrons. The Bertz CT molecular complexity index is 233. The predicted octanol–water partition coefficient (Wildman–Crippen LogP) is 1.32. The van der Waals surface area contributed by atoms with E-state index in [1.54, 1.807) is 7.05 Å². The van der Waals surface area contributed by atoms with Crippen LogP contribution in [0, 0.1) is 5.41 Å². The summed E-state index contributed by atoms with van der Waals surface area (Å²) in [4.78, 5) is 17.4. The highest BCUT2D eigenvalue weighted by Crippen LogP contribution is 2.48. The molecule has 2 fully saturated rings. The lowest BCUT2D eigenvalue weighted by molar-refractivity contribution is -0.163. The topological polar surface area (TPSA) is 29.5 Å². The number of nitrogens with zero attached hydrogens (tertiary/aromatic N) is 1. The molecule has 1 aliphatic heterocycles. The fraction of sp³-hybridized carbons (Fsp3) is 0.875. The first-order chi connectivity index (χ1) is 5.55. The number of carbonyl (C=O) groups is 1. The second-order valence-corrected chi connectivity index (χ2v) is 4.98. The van der Waals surface area contributed by atoms with Gasteiger partial charge in [0.15, 0.2) is 0 Å². The van der Waals surface area contributed by atoms with Crippen LogP contribution in [0.4, 0.5) is 0 Å². The SMILES string of the molecule is CN1O[C@H]2[C@H](Br)CC[C@@]2(C)C1=O. The third-order valence-electron chi connectivity index (χ3n) is 2.94. The average molecular weight is 234 g/mol. The summed E-state index contributed by atoms with van der Waals surface area (Å²) in [6, 6.07) is 0. The molecular weight excluding hydrogens is 222 g/mol. The Morgan fingerprint density at radius 2 is 2.42 bits per heavy atom. The zero-order valence-electron chi connectivity index (χ0n) is 7.21. The van der Waals surface area contributed by atoms with E-state index in [4.69, 9.17) is 4.84 Å². The van der Waals surface area contributed by atoms with Crippen molar-refractivity contribution in [2.24, 2.45) is 5.41 Å². The first-order valence-electron chi connectivity index (χ1n) is 4.15. The highest BCUT2D eigenvalue weighted by Gasteiger charge is 2.57. The van der Waals surface area contributed by atoms with Crippen LogP contribution in [0.5, 0.6) is 0 Å². The summed E-state index contributed by atoms with van der Waals surface area (Å²) in [6.07, 6.45) is 1.99. The summed E-state index contributed by atoms with van der Waals surface area (Å²) in [7, 11) is 1.69. The monoisotopic (exact) mass is 233 g/mol. The molecule has 0 aromatic carbocycles. The van der Waals surface area contributed by atoms with Gasteiger partial charge < -0.3 is 0 Å². The van der Waals surface area contributed by atoms with Crippen molar-refractivity contribution < 1.29 is 9.63 Å². The first-order valence-corrected chi connectivity index (χ1v) is 5.06. The largest absolute Gasteiger partial charge is 0.272 e. The van der Waals surface area contributed by atoms with Gasteiger partial charge in [0.25, 0.3) is 5.91 Å². The quantitative estimate of drug-likeness (QED) is 0.591. The average Bonchev–Trinajstić information content (AvgIpc) is 2.42. The predicted molar refractivity (Wildman–Crippen MR) is 47.7 cm³/mol. The van der Waals surface area contributed by atoms with Crippen LogP contribution >= 0.6 is 15.9 Å². The van der Waals surface area contributed by atoms with E-state index in [1.165, 1.54) is 5.06 Å². The highest BCUT2D eigenvalue weighted by atomic mass is 79.9. The molecular formula is C8H12BrNO2. The summed E-state index contributed by atoms with van der Waals surface area (Å²) in [5, 5.41) is 1.37. The van der Waals surface area contributed by atoms with Crippen LogP contribution in [0.25, 0.3) is 0 Å². The van der Waals surface area contributed by atoms with Gasteiger partial charge in [-0.1, -0.05) is 15.9 Å². The maximum Gasteiger partial charge on any atom is 0.254 e. The van der Waals surface area contributed by atoms with E-state index in [0.717, 1.165) is 12.8 Å². The van der Waals surface area contributed by atoms with Crippen LogP contribution < -0.4 is 0 Å². The first kappa shape index (κ1) is 8.51. The second kappa shape index (κ2) is 2.45. The molecule has 0 unspecified atom stereocenters. The smallest absolute Gasteiger partial charge is 0.254 e. The molecule has 2 aliphatic rings. The fourth-order valence-corrected chi connectivity index (χ4v) is 3.03. The van der Waals surface area contributed by atoms with E-state index in [-0.39, 0.29) is 17.4 Å². The van der Waals surface area contributed by atoms with E-state index in [2.05, 4.69) is 15.9 Å². The van der Waals surface area contributed by atoms with Crippen molar-refractivity contribution in [1.82, 2.24) is 5.06 Å². The van der Waals surface area contributed by atoms with Gasteiger partial charge in [0.1, 0.15) is 6.10 Å². The number of amides is 1. The molecule has 1 saturated carbocycles. The second-order valence-electron chi connectivity index (χ2n) is 3.80. The Kier molecular flexibility index (Phi) is 1.74. The lowest BCUT2D eigenvalue weighted by atomic mass is 9.87. The van der Waals surface area contributed by atoms with Gasteiger partial charge in [0.05, 0.1) is 5.41 Å². The fourth-order valence-electron chi connectivity index (χ4n) is 2.12. The zero-order chi connectivity index (χ0) is 8.93. The molecule has 1 saturated heterocycles. The van der Waals surface area contributed by atoms with Crippen LogP contribution in [0.15, 0.2) is 0 Å². The molecule has 0 aromatic heterocycles. The van der Waals surface area contributed by atoms with E-state index in [0.29, 0.717) is 4.83 Å². The molecule has 1 heterocycles. The minimum Gasteiger partial charge on any atom is -0.272 e. The maximum atomic E-state index is 11.6. The van der Waals surface area contributed by atoms with Crippen LogP contribution in [-0.4, -0.2) is 28.9 Å². The Balaban J connectivity index is 2.31. The molecule has 0 aromatic rings. The number of hydrogen-bond acceptors (Lipinski definition) is 2. The zero-order valence-corrected chi connectivity index (χ0v) is 8.80. The lowest BCUT2D eigenvalue weighted by Gasteiger charge is -2.17. The van der Waals surface area contributed by atoms with Crippen molar-refractivity contribution in [3.63, 3.8) is 0 Å².